The molecule has 8 nitrogen and oxygen atoms in total. The van der Waals surface area contributed by atoms with Crippen LogP contribution in [0, 0.1) is 0 Å². The van der Waals surface area contributed by atoms with Crippen LogP contribution in [-0.2, 0) is 6.54 Å². The van der Waals surface area contributed by atoms with E-state index >= 15 is 0 Å². The Kier molecular flexibility index (Phi) is 3.34. The Bertz CT molecular complexity index is 803. The van der Waals surface area contributed by atoms with Crippen LogP contribution in [0.1, 0.15) is 16.2 Å². The van der Waals surface area contributed by atoms with Gasteiger partial charge in [-0.3, -0.25) is 9.59 Å². The maximum Gasteiger partial charge on any atom is 0.254 e. The molecule has 0 aliphatic rings. The Morgan fingerprint density at radius 3 is 3.05 bits per heavy atom. The highest BCUT2D eigenvalue weighted by molar-refractivity contribution is 5.93. The van der Waals surface area contributed by atoms with Gasteiger partial charge in [-0.1, -0.05) is 5.16 Å². The highest BCUT2D eigenvalue weighted by atomic mass is 16.5. The SMILES string of the molecule is O=C(NCc1nc(-c2cc[nH]c(=O)c2)no1)c1ccoc1. The van der Waals surface area contributed by atoms with Gasteiger partial charge in [-0.2, -0.15) is 4.98 Å². The second-order valence-electron chi connectivity index (χ2n) is 4.15. The van der Waals surface area contributed by atoms with Crippen molar-refractivity contribution in [3.63, 3.8) is 0 Å². The second-order valence-corrected chi connectivity index (χ2v) is 4.15. The number of hydrogen-bond donors (Lipinski definition) is 2. The molecule has 3 heterocycles. The summed E-state index contributed by atoms with van der Waals surface area (Å²) in [6.07, 6.45) is 4.24. The predicted molar refractivity (Wildman–Crippen MR) is 70.2 cm³/mol. The number of pyridine rings is 1. The van der Waals surface area contributed by atoms with E-state index in [1.807, 2.05) is 0 Å². The number of rotatable bonds is 4. The van der Waals surface area contributed by atoms with Crippen LogP contribution in [0.15, 0.2) is 50.7 Å². The number of carbonyl (C=O) groups is 1. The zero-order chi connectivity index (χ0) is 14.7. The van der Waals surface area contributed by atoms with Gasteiger partial charge in [0, 0.05) is 17.8 Å². The molecule has 0 aromatic carbocycles. The maximum atomic E-state index is 11.7. The lowest BCUT2D eigenvalue weighted by Crippen LogP contribution is -2.22. The summed E-state index contributed by atoms with van der Waals surface area (Å²) in [5.74, 6) is 0.218. The molecule has 0 fully saturated rings. The first-order valence-corrected chi connectivity index (χ1v) is 6.04. The number of aromatic amines is 1. The molecule has 1 amide bonds. The van der Waals surface area contributed by atoms with Gasteiger partial charge in [0.1, 0.15) is 6.26 Å². The monoisotopic (exact) mass is 286 g/mol. The minimum absolute atomic E-state index is 0.0835. The third-order valence-corrected chi connectivity index (χ3v) is 2.68. The normalized spacial score (nSPS) is 10.5. The molecule has 0 bridgehead atoms. The summed E-state index contributed by atoms with van der Waals surface area (Å²) in [4.78, 5) is 29.5. The Morgan fingerprint density at radius 1 is 1.38 bits per heavy atom. The van der Waals surface area contributed by atoms with Crippen LogP contribution in [0.4, 0.5) is 0 Å². The molecule has 106 valence electrons. The third-order valence-electron chi connectivity index (χ3n) is 2.68. The zero-order valence-corrected chi connectivity index (χ0v) is 10.7. The van der Waals surface area contributed by atoms with Crippen molar-refractivity contribution in [3.05, 3.63) is 58.7 Å². The highest BCUT2D eigenvalue weighted by Gasteiger charge is 2.11. The van der Waals surface area contributed by atoms with Crippen molar-refractivity contribution >= 4 is 5.91 Å². The maximum absolute atomic E-state index is 11.7. The first kappa shape index (κ1) is 12.9. The van der Waals surface area contributed by atoms with Crippen molar-refractivity contribution in [1.82, 2.24) is 20.4 Å². The van der Waals surface area contributed by atoms with Crippen molar-refractivity contribution in [3.8, 4) is 11.4 Å². The van der Waals surface area contributed by atoms with Gasteiger partial charge in [0.05, 0.1) is 18.4 Å². The molecule has 0 aliphatic carbocycles. The van der Waals surface area contributed by atoms with Crippen molar-refractivity contribution in [2.45, 2.75) is 6.54 Å². The lowest BCUT2D eigenvalue weighted by Gasteiger charge is -1.98. The standard InChI is InChI=1S/C13H10N4O4/c18-10-5-8(1-3-14-10)12-16-11(21-17-12)6-15-13(19)9-2-4-20-7-9/h1-5,7H,6H2,(H,14,18)(H,15,19). The van der Waals surface area contributed by atoms with E-state index in [1.165, 1.54) is 24.8 Å². The molecule has 0 atom stereocenters. The van der Waals surface area contributed by atoms with Crippen molar-refractivity contribution in [2.24, 2.45) is 0 Å². The zero-order valence-electron chi connectivity index (χ0n) is 10.7. The number of nitrogens with one attached hydrogen (secondary N) is 2. The number of aromatic nitrogens is 3. The number of carbonyl (C=O) groups excluding carboxylic acids is 1. The van der Waals surface area contributed by atoms with E-state index < -0.39 is 0 Å². The fourth-order valence-electron chi connectivity index (χ4n) is 1.68. The largest absolute Gasteiger partial charge is 0.472 e. The summed E-state index contributed by atoms with van der Waals surface area (Å²) in [6, 6.07) is 4.56. The van der Waals surface area contributed by atoms with Gasteiger partial charge in [0.2, 0.25) is 17.3 Å². The molecule has 0 unspecified atom stereocenters. The molecule has 8 heteroatoms. The topological polar surface area (TPSA) is 114 Å². The highest BCUT2D eigenvalue weighted by Crippen LogP contribution is 2.12. The van der Waals surface area contributed by atoms with Crippen LogP contribution < -0.4 is 10.9 Å². The second kappa shape index (κ2) is 5.45. The number of nitrogens with zero attached hydrogens (tertiary/aromatic N) is 2. The van der Waals surface area contributed by atoms with Crippen LogP contribution in [0.5, 0.6) is 0 Å². The number of amides is 1. The Balaban J connectivity index is 1.68. The molecule has 21 heavy (non-hydrogen) atoms. The van der Waals surface area contributed by atoms with E-state index in [9.17, 15) is 9.59 Å². The molecule has 0 spiro atoms. The van der Waals surface area contributed by atoms with E-state index in [2.05, 4.69) is 20.4 Å². The van der Waals surface area contributed by atoms with Gasteiger partial charge in [-0.05, 0) is 12.1 Å². The predicted octanol–water partition coefficient (Wildman–Crippen LogP) is 0.948. The van der Waals surface area contributed by atoms with Gasteiger partial charge in [0.15, 0.2) is 0 Å². The van der Waals surface area contributed by atoms with Gasteiger partial charge in [-0.25, -0.2) is 0 Å². The number of furan rings is 1. The Hall–Kier alpha value is -3.16. The summed E-state index contributed by atoms with van der Waals surface area (Å²) in [5, 5.41) is 6.37. The van der Waals surface area contributed by atoms with Gasteiger partial charge >= 0.3 is 0 Å². The summed E-state index contributed by atoms with van der Waals surface area (Å²) < 4.78 is 9.83. The van der Waals surface area contributed by atoms with Crippen LogP contribution in [0.2, 0.25) is 0 Å². The first-order chi connectivity index (χ1) is 10.2. The Morgan fingerprint density at radius 2 is 2.29 bits per heavy atom. The van der Waals surface area contributed by atoms with E-state index in [0.717, 1.165) is 0 Å². The van der Waals surface area contributed by atoms with Gasteiger partial charge in [0.25, 0.3) is 5.91 Å². The van der Waals surface area contributed by atoms with E-state index in [-0.39, 0.29) is 29.7 Å². The van der Waals surface area contributed by atoms with Crippen LogP contribution in [-0.4, -0.2) is 21.0 Å². The summed E-state index contributed by atoms with van der Waals surface area (Å²) in [7, 11) is 0. The molecule has 3 aromatic rings. The van der Waals surface area contributed by atoms with E-state index in [4.69, 9.17) is 8.94 Å². The van der Waals surface area contributed by atoms with Gasteiger partial charge < -0.3 is 19.2 Å². The number of H-pyrrole nitrogens is 1. The molecular weight excluding hydrogens is 276 g/mol. The first-order valence-electron chi connectivity index (χ1n) is 6.04. The molecule has 0 radical (unpaired) electrons. The molecule has 3 rings (SSSR count). The minimum atomic E-state index is -0.306. The number of hydrogen-bond acceptors (Lipinski definition) is 6. The molecule has 0 saturated heterocycles. The average molecular weight is 286 g/mol. The lowest BCUT2D eigenvalue weighted by atomic mass is 10.2. The summed E-state index contributed by atoms with van der Waals surface area (Å²) in [6.45, 7) is 0.0835. The molecular formula is C13H10N4O4. The smallest absolute Gasteiger partial charge is 0.254 e. The fourth-order valence-corrected chi connectivity index (χ4v) is 1.68. The Labute approximate surface area is 117 Å². The van der Waals surface area contributed by atoms with Crippen LogP contribution in [0.3, 0.4) is 0 Å². The van der Waals surface area contributed by atoms with E-state index in [1.54, 1.807) is 12.1 Å². The quantitative estimate of drug-likeness (QED) is 0.738. The van der Waals surface area contributed by atoms with Crippen LogP contribution >= 0.6 is 0 Å². The lowest BCUT2D eigenvalue weighted by molar-refractivity contribution is 0.0945. The molecule has 0 aliphatic heterocycles. The van der Waals surface area contributed by atoms with E-state index in [0.29, 0.717) is 11.1 Å². The van der Waals surface area contributed by atoms with Gasteiger partial charge in [-0.15, -0.1) is 0 Å². The van der Waals surface area contributed by atoms with Crippen molar-refractivity contribution in [1.29, 1.82) is 0 Å². The average Bonchev–Trinajstić information content (AvgIpc) is 3.16. The minimum Gasteiger partial charge on any atom is -0.472 e. The third kappa shape index (κ3) is 2.89. The molecule has 2 N–H and O–H groups in total. The molecule has 0 saturated carbocycles. The van der Waals surface area contributed by atoms with Crippen LogP contribution in [0.25, 0.3) is 11.4 Å². The van der Waals surface area contributed by atoms with Crippen molar-refractivity contribution in [2.75, 3.05) is 0 Å². The summed E-state index contributed by atoms with van der Waals surface area (Å²) >= 11 is 0. The summed E-state index contributed by atoms with van der Waals surface area (Å²) in [5.41, 5.74) is 0.686. The van der Waals surface area contributed by atoms with Crippen molar-refractivity contribution < 1.29 is 13.7 Å². The fraction of sp³-hybridized carbons (Fsp3) is 0.0769. The molecule has 3 aromatic heterocycles.